The molecule has 0 bridgehead atoms. The van der Waals surface area contributed by atoms with Crippen LogP contribution in [0.25, 0.3) is 10.9 Å². The SMILES string of the molecule is CCCN1CCC(c2c[nH]c3ccc(NC(=O)N(c4ccccc4)c4ccccc4)cc23)CC1. The molecule has 0 atom stereocenters. The van der Waals surface area contributed by atoms with Crippen LogP contribution in [0.3, 0.4) is 0 Å². The number of fused-ring (bicyclic) bond motifs is 1. The van der Waals surface area contributed by atoms with Crippen LogP contribution in [0.1, 0.15) is 37.7 Å². The molecular weight excluding hydrogens is 420 g/mol. The maximum atomic E-state index is 13.5. The minimum atomic E-state index is -0.179. The number of amides is 2. The zero-order valence-electron chi connectivity index (χ0n) is 19.7. The fourth-order valence-electron chi connectivity index (χ4n) is 5.06. The Balaban J connectivity index is 1.39. The lowest BCUT2D eigenvalue weighted by Gasteiger charge is -2.31. The van der Waals surface area contributed by atoms with Crippen molar-refractivity contribution in [2.75, 3.05) is 29.9 Å². The number of hydrogen-bond acceptors (Lipinski definition) is 2. The van der Waals surface area contributed by atoms with Crippen LogP contribution in [0.15, 0.2) is 85.1 Å². The molecule has 1 saturated heterocycles. The summed E-state index contributed by atoms with van der Waals surface area (Å²) < 4.78 is 0. The summed E-state index contributed by atoms with van der Waals surface area (Å²) >= 11 is 0. The monoisotopic (exact) mass is 452 g/mol. The van der Waals surface area contributed by atoms with Gasteiger partial charge in [0.25, 0.3) is 0 Å². The van der Waals surface area contributed by atoms with Gasteiger partial charge in [-0.2, -0.15) is 0 Å². The Labute approximate surface area is 201 Å². The molecule has 5 heteroatoms. The van der Waals surface area contributed by atoms with Crippen LogP contribution in [0.2, 0.25) is 0 Å². The minimum Gasteiger partial charge on any atom is -0.361 e. The number of H-pyrrole nitrogens is 1. The number of benzene rings is 3. The summed E-state index contributed by atoms with van der Waals surface area (Å²) in [5, 5.41) is 4.35. The molecule has 3 aromatic carbocycles. The van der Waals surface area contributed by atoms with Crippen LogP contribution < -0.4 is 10.2 Å². The second-order valence-corrected chi connectivity index (χ2v) is 9.06. The lowest BCUT2D eigenvalue weighted by Crippen LogP contribution is -2.33. The summed E-state index contributed by atoms with van der Waals surface area (Å²) in [7, 11) is 0. The number of anilines is 3. The molecule has 0 aliphatic carbocycles. The summed E-state index contributed by atoms with van der Waals surface area (Å²) in [6.07, 6.45) is 5.74. The van der Waals surface area contributed by atoms with Crippen molar-refractivity contribution in [3.8, 4) is 0 Å². The Kier molecular flexibility index (Phi) is 6.63. The van der Waals surface area contributed by atoms with Crippen LogP contribution in [-0.2, 0) is 0 Å². The number of hydrogen-bond donors (Lipinski definition) is 2. The first kappa shape index (κ1) is 22.2. The van der Waals surface area contributed by atoms with Crippen LogP contribution in [0.4, 0.5) is 21.9 Å². The quantitative estimate of drug-likeness (QED) is 0.327. The molecule has 34 heavy (non-hydrogen) atoms. The van der Waals surface area contributed by atoms with Crippen LogP contribution in [-0.4, -0.2) is 35.5 Å². The molecule has 0 saturated carbocycles. The Morgan fingerprint density at radius 3 is 2.24 bits per heavy atom. The molecule has 1 fully saturated rings. The predicted molar refractivity (Wildman–Crippen MR) is 141 cm³/mol. The number of aromatic nitrogens is 1. The summed E-state index contributed by atoms with van der Waals surface area (Å²) in [4.78, 5) is 21.2. The van der Waals surface area contributed by atoms with Crippen molar-refractivity contribution in [3.05, 3.63) is 90.6 Å². The van der Waals surface area contributed by atoms with Crippen molar-refractivity contribution in [1.29, 1.82) is 0 Å². The van der Waals surface area contributed by atoms with Crippen LogP contribution >= 0.6 is 0 Å². The maximum absolute atomic E-state index is 13.5. The zero-order valence-corrected chi connectivity index (χ0v) is 19.7. The fraction of sp³-hybridized carbons (Fsp3) is 0.276. The number of carbonyl (C=O) groups is 1. The summed E-state index contributed by atoms with van der Waals surface area (Å²) in [5.41, 5.74) is 4.94. The number of aromatic amines is 1. The Morgan fingerprint density at radius 2 is 1.62 bits per heavy atom. The topological polar surface area (TPSA) is 51.4 Å². The molecule has 1 aliphatic heterocycles. The van der Waals surface area contributed by atoms with Gasteiger partial charge in [-0.1, -0.05) is 43.3 Å². The molecule has 2 heterocycles. The average molecular weight is 453 g/mol. The maximum Gasteiger partial charge on any atom is 0.330 e. The van der Waals surface area contributed by atoms with Gasteiger partial charge < -0.3 is 15.2 Å². The van der Waals surface area contributed by atoms with Gasteiger partial charge in [0, 0.05) is 22.8 Å². The van der Waals surface area contributed by atoms with E-state index in [0.29, 0.717) is 5.92 Å². The third kappa shape index (κ3) is 4.70. The predicted octanol–water partition coefficient (Wildman–Crippen LogP) is 7.13. The zero-order chi connectivity index (χ0) is 23.3. The first-order valence-electron chi connectivity index (χ1n) is 12.3. The molecule has 0 unspecified atom stereocenters. The molecule has 5 rings (SSSR count). The van der Waals surface area contributed by atoms with E-state index in [2.05, 4.69) is 40.5 Å². The lowest BCUT2D eigenvalue weighted by molar-refractivity contribution is 0.213. The summed E-state index contributed by atoms with van der Waals surface area (Å²) in [5.74, 6) is 0.554. The van der Waals surface area contributed by atoms with Gasteiger partial charge in [-0.3, -0.25) is 4.90 Å². The Bertz CT molecular complexity index is 1190. The number of nitrogens with one attached hydrogen (secondary N) is 2. The van der Waals surface area contributed by atoms with Crippen molar-refractivity contribution >= 4 is 34.0 Å². The van der Waals surface area contributed by atoms with E-state index in [0.717, 1.165) is 35.7 Å². The van der Waals surface area contributed by atoms with E-state index >= 15 is 0 Å². The second kappa shape index (κ2) is 10.1. The van der Waals surface area contributed by atoms with Crippen molar-refractivity contribution in [3.63, 3.8) is 0 Å². The van der Waals surface area contributed by atoms with Crippen LogP contribution in [0.5, 0.6) is 0 Å². The van der Waals surface area contributed by atoms with Crippen molar-refractivity contribution in [1.82, 2.24) is 9.88 Å². The fourth-order valence-corrected chi connectivity index (χ4v) is 5.06. The van der Waals surface area contributed by atoms with Gasteiger partial charge in [-0.25, -0.2) is 4.79 Å². The third-order valence-electron chi connectivity index (χ3n) is 6.76. The summed E-state index contributed by atoms with van der Waals surface area (Å²) in [6.45, 7) is 5.75. The molecule has 174 valence electrons. The summed E-state index contributed by atoms with van der Waals surface area (Å²) in [6, 6.07) is 25.5. The number of carbonyl (C=O) groups excluding carboxylic acids is 1. The number of nitrogens with zero attached hydrogens (tertiary/aromatic N) is 2. The Hall–Kier alpha value is -3.57. The van der Waals surface area contributed by atoms with E-state index < -0.39 is 0 Å². The van der Waals surface area contributed by atoms with Crippen LogP contribution in [0, 0.1) is 0 Å². The van der Waals surface area contributed by atoms with Gasteiger partial charge in [0.1, 0.15) is 0 Å². The van der Waals surface area contributed by atoms with E-state index in [9.17, 15) is 4.79 Å². The average Bonchev–Trinajstić information content (AvgIpc) is 3.29. The lowest BCUT2D eigenvalue weighted by atomic mass is 9.89. The van der Waals surface area contributed by atoms with E-state index in [1.807, 2.05) is 66.7 Å². The van der Waals surface area contributed by atoms with Gasteiger partial charge in [-0.05, 0) is 92.8 Å². The largest absolute Gasteiger partial charge is 0.361 e. The molecule has 1 aromatic heterocycles. The molecule has 2 amide bonds. The Morgan fingerprint density at radius 1 is 0.971 bits per heavy atom. The third-order valence-corrected chi connectivity index (χ3v) is 6.76. The van der Waals surface area contributed by atoms with E-state index in [4.69, 9.17) is 0 Å². The highest BCUT2D eigenvalue weighted by atomic mass is 16.2. The van der Waals surface area contributed by atoms with Gasteiger partial charge in [-0.15, -0.1) is 0 Å². The smallest absolute Gasteiger partial charge is 0.330 e. The molecule has 1 aliphatic rings. The molecule has 0 radical (unpaired) electrons. The number of rotatable bonds is 6. The molecule has 5 nitrogen and oxygen atoms in total. The van der Waals surface area contributed by atoms with Gasteiger partial charge in [0.2, 0.25) is 0 Å². The normalized spacial score (nSPS) is 14.9. The van der Waals surface area contributed by atoms with E-state index in [1.54, 1.807) is 4.90 Å². The van der Waals surface area contributed by atoms with Crippen molar-refractivity contribution in [2.24, 2.45) is 0 Å². The molecule has 2 N–H and O–H groups in total. The number of piperidine rings is 1. The molecule has 4 aromatic rings. The first-order chi connectivity index (χ1) is 16.7. The molecule has 0 spiro atoms. The highest BCUT2D eigenvalue weighted by Gasteiger charge is 2.23. The number of urea groups is 1. The minimum absolute atomic E-state index is 0.179. The van der Waals surface area contributed by atoms with E-state index in [-0.39, 0.29) is 6.03 Å². The van der Waals surface area contributed by atoms with Gasteiger partial charge in [0.05, 0.1) is 11.4 Å². The number of likely N-dealkylation sites (tertiary alicyclic amines) is 1. The number of para-hydroxylation sites is 2. The first-order valence-corrected chi connectivity index (χ1v) is 12.3. The van der Waals surface area contributed by atoms with E-state index in [1.165, 1.54) is 36.8 Å². The van der Waals surface area contributed by atoms with Crippen molar-refractivity contribution < 1.29 is 4.79 Å². The van der Waals surface area contributed by atoms with Crippen molar-refractivity contribution in [2.45, 2.75) is 32.1 Å². The second-order valence-electron chi connectivity index (χ2n) is 9.06. The van der Waals surface area contributed by atoms with Gasteiger partial charge in [0.15, 0.2) is 0 Å². The standard InChI is InChI=1S/C29H32N4O/c1-2-17-32-18-15-22(16-19-32)27-21-30-28-14-13-23(20-26(27)28)31-29(34)33(24-9-5-3-6-10-24)25-11-7-4-8-12-25/h3-14,20-22,30H,2,15-19H2,1H3,(H,31,34). The highest BCUT2D eigenvalue weighted by Crippen LogP contribution is 2.35. The van der Waals surface area contributed by atoms with Gasteiger partial charge >= 0.3 is 6.03 Å². The molecular formula is C29H32N4O. The highest BCUT2D eigenvalue weighted by molar-refractivity contribution is 6.07.